The van der Waals surface area contributed by atoms with Crippen LogP contribution >= 0.6 is 0 Å². The molecule has 1 aliphatic rings. The maximum atomic E-state index is 14.2. The molecule has 154 valence electrons. The molecule has 4 rings (SSSR count). The molecule has 0 saturated carbocycles. The van der Waals surface area contributed by atoms with Gasteiger partial charge in [-0.15, -0.1) is 0 Å². The first kappa shape index (κ1) is 20.0. The number of hydrogen-bond acceptors (Lipinski definition) is 2. The SMILES string of the molecule is CC1C/C(=C\c2c(F)c(F)c(F)c(F)c2F)c2nc3ccccc3c(C(=O)O)c2C1. The zero-order valence-corrected chi connectivity index (χ0v) is 15.6. The Balaban J connectivity index is 2.04. The molecule has 0 bridgehead atoms. The van der Waals surface area contributed by atoms with E-state index in [0.717, 1.165) is 6.08 Å². The van der Waals surface area contributed by atoms with Crippen LogP contribution in [-0.2, 0) is 6.42 Å². The van der Waals surface area contributed by atoms with Crippen molar-refractivity contribution in [2.24, 2.45) is 5.92 Å². The second kappa shape index (κ2) is 7.19. The van der Waals surface area contributed by atoms with Crippen LogP contribution in [0.25, 0.3) is 22.6 Å². The fraction of sp³-hybridized carbons (Fsp3) is 0.182. The van der Waals surface area contributed by atoms with Crippen molar-refractivity contribution < 1.29 is 31.9 Å². The van der Waals surface area contributed by atoms with Crippen LogP contribution in [-0.4, -0.2) is 16.1 Å². The number of aromatic nitrogens is 1. The number of hydrogen-bond donors (Lipinski definition) is 1. The standard InChI is InChI=1S/C22H14F5NO2/c1-9-6-10(8-13-16(23)18(25)20(27)19(26)17(13)24)21-12(7-9)15(22(29)30)11-4-2-3-5-14(11)28-21/h2-5,8-9H,6-7H2,1H3,(H,29,30)/b10-8+. The largest absolute Gasteiger partial charge is 0.478 e. The molecule has 0 aliphatic heterocycles. The summed E-state index contributed by atoms with van der Waals surface area (Å²) in [6.45, 7) is 1.80. The molecule has 30 heavy (non-hydrogen) atoms. The molecule has 8 heteroatoms. The van der Waals surface area contributed by atoms with Crippen molar-refractivity contribution >= 4 is 28.5 Å². The topological polar surface area (TPSA) is 50.2 Å². The van der Waals surface area contributed by atoms with Crippen molar-refractivity contribution in [1.82, 2.24) is 4.98 Å². The van der Waals surface area contributed by atoms with E-state index in [1.54, 1.807) is 31.2 Å². The Kier molecular flexibility index (Phi) is 4.80. The molecule has 1 aliphatic carbocycles. The Labute approximate surface area is 167 Å². The van der Waals surface area contributed by atoms with Crippen molar-refractivity contribution in [3.05, 3.63) is 75.7 Å². The van der Waals surface area contributed by atoms with Crippen LogP contribution in [0.2, 0.25) is 0 Å². The Hall–Kier alpha value is -3.29. The van der Waals surface area contributed by atoms with E-state index in [4.69, 9.17) is 0 Å². The summed E-state index contributed by atoms with van der Waals surface area (Å²) in [5.41, 5.74) is 0.0636. The maximum absolute atomic E-state index is 14.2. The number of rotatable bonds is 2. The Bertz CT molecular complexity index is 1220. The minimum Gasteiger partial charge on any atom is -0.478 e. The second-order valence-electron chi connectivity index (χ2n) is 7.30. The van der Waals surface area contributed by atoms with E-state index >= 15 is 0 Å². The molecule has 0 fully saturated rings. The third kappa shape index (κ3) is 3.03. The Morgan fingerprint density at radius 1 is 1.00 bits per heavy atom. The van der Waals surface area contributed by atoms with Crippen LogP contribution in [0.5, 0.6) is 0 Å². The molecule has 0 radical (unpaired) electrons. The summed E-state index contributed by atoms with van der Waals surface area (Å²) in [6.07, 6.45) is 1.46. The van der Waals surface area contributed by atoms with E-state index in [0.29, 0.717) is 22.9 Å². The number of pyridine rings is 1. The van der Waals surface area contributed by atoms with Gasteiger partial charge < -0.3 is 5.11 Å². The van der Waals surface area contributed by atoms with Gasteiger partial charge in [0.15, 0.2) is 23.3 Å². The molecule has 1 atom stereocenters. The fourth-order valence-corrected chi connectivity index (χ4v) is 3.90. The van der Waals surface area contributed by atoms with Crippen molar-refractivity contribution in [2.45, 2.75) is 19.8 Å². The molecule has 1 unspecified atom stereocenters. The highest BCUT2D eigenvalue weighted by Gasteiger charge is 2.30. The van der Waals surface area contributed by atoms with Crippen molar-refractivity contribution in [3.63, 3.8) is 0 Å². The number of aromatic carboxylic acids is 1. The molecule has 0 amide bonds. The minimum atomic E-state index is -2.23. The Morgan fingerprint density at radius 2 is 1.60 bits per heavy atom. The van der Waals surface area contributed by atoms with Gasteiger partial charge in [0.25, 0.3) is 0 Å². The highest BCUT2D eigenvalue weighted by atomic mass is 19.2. The molecule has 1 N–H and O–H groups in total. The minimum absolute atomic E-state index is 0.0189. The highest BCUT2D eigenvalue weighted by Crippen LogP contribution is 2.39. The molecule has 2 aromatic carbocycles. The molecule has 3 aromatic rings. The van der Waals surface area contributed by atoms with Crippen molar-refractivity contribution in [3.8, 4) is 0 Å². The van der Waals surface area contributed by atoms with Crippen LogP contribution in [0.1, 0.15) is 40.5 Å². The Morgan fingerprint density at radius 3 is 2.23 bits per heavy atom. The van der Waals surface area contributed by atoms with Crippen LogP contribution in [0.3, 0.4) is 0 Å². The lowest BCUT2D eigenvalue weighted by molar-refractivity contribution is 0.0697. The molecule has 1 heterocycles. The van der Waals surface area contributed by atoms with Crippen molar-refractivity contribution in [2.75, 3.05) is 0 Å². The van der Waals surface area contributed by atoms with Gasteiger partial charge in [-0.2, -0.15) is 0 Å². The van der Waals surface area contributed by atoms with E-state index in [9.17, 15) is 31.9 Å². The highest BCUT2D eigenvalue weighted by molar-refractivity contribution is 6.05. The third-order valence-electron chi connectivity index (χ3n) is 5.19. The molecule has 0 saturated heterocycles. The van der Waals surface area contributed by atoms with E-state index in [2.05, 4.69) is 4.98 Å². The van der Waals surface area contributed by atoms with Gasteiger partial charge in [-0.25, -0.2) is 31.7 Å². The van der Waals surface area contributed by atoms with Gasteiger partial charge in [-0.3, -0.25) is 0 Å². The lowest BCUT2D eigenvalue weighted by atomic mass is 9.80. The van der Waals surface area contributed by atoms with Crippen molar-refractivity contribution in [1.29, 1.82) is 0 Å². The predicted octanol–water partition coefficient (Wildman–Crippen LogP) is 5.75. The number of carboxylic acid groups (broad SMARTS) is 1. The number of benzene rings is 2. The summed E-state index contributed by atoms with van der Waals surface area (Å²) in [6, 6.07) is 6.53. The van der Waals surface area contributed by atoms with Gasteiger partial charge >= 0.3 is 5.97 Å². The molecule has 3 nitrogen and oxygen atoms in total. The summed E-state index contributed by atoms with van der Waals surface area (Å²) in [4.78, 5) is 16.4. The first-order valence-electron chi connectivity index (χ1n) is 9.08. The van der Waals surface area contributed by atoms with E-state index < -0.39 is 40.6 Å². The molecule has 1 aromatic heterocycles. The number of carboxylic acids is 1. The van der Waals surface area contributed by atoms with Gasteiger partial charge in [-0.1, -0.05) is 25.1 Å². The lowest BCUT2D eigenvalue weighted by Gasteiger charge is -2.26. The van der Waals surface area contributed by atoms with Gasteiger partial charge in [0.1, 0.15) is 0 Å². The number of para-hydroxylation sites is 1. The second-order valence-corrected chi connectivity index (χ2v) is 7.30. The number of allylic oxidation sites excluding steroid dienone is 1. The van der Waals surface area contributed by atoms with Crippen LogP contribution in [0.4, 0.5) is 22.0 Å². The average Bonchev–Trinajstić information content (AvgIpc) is 2.72. The predicted molar refractivity (Wildman–Crippen MR) is 100 cm³/mol. The first-order valence-corrected chi connectivity index (χ1v) is 9.08. The number of carbonyl (C=O) groups is 1. The first-order chi connectivity index (χ1) is 14.2. The number of halogens is 5. The number of nitrogens with zero attached hydrogens (tertiary/aromatic N) is 1. The summed E-state index contributed by atoms with van der Waals surface area (Å²) < 4.78 is 69.0. The average molecular weight is 419 g/mol. The summed E-state index contributed by atoms with van der Waals surface area (Å²) in [5, 5.41) is 10.2. The van der Waals surface area contributed by atoms with Gasteiger partial charge in [0.05, 0.1) is 22.3 Å². The summed E-state index contributed by atoms with van der Waals surface area (Å²) in [7, 11) is 0. The van der Waals surface area contributed by atoms with Crippen LogP contribution in [0, 0.1) is 35.0 Å². The van der Waals surface area contributed by atoms with Crippen LogP contribution in [0.15, 0.2) is 24.3 Å². The van der Waals surface area contributed by atoms with Gasteiger partial charge in [0, 0.05) is 5.39 Å². The monoisotopic (exact) mass is 419 g/mol. The molecule has 0 spiro atoms. The fourth-order valence-electron chi connectivity index (χ4n) is 3.90. The summed E-state index contributed by atoms with van der Waals surface area (Å²) in [5.74, 6) is -11.5. The maximum Gasteiger partial charge on any atom is 0.336 e. The molecular weight excluding hydrogens is 405 g/mol. The smallest absolute Gasteiger partial charge is 0.336 e. The van der Waals surface area contributed by atoms with Gasteiger partial charge in [0.2, 0.25) is 5.82 Å². The zero-order valence-electron chi connectivity index (χ0n) is 15.6. The molecular formula is C22H14F5NO2. The van der Waals surface area contributed by atoms with E-state index in [1.165, 1.54) is 0 Å². The summed E-state index contributed by atoms with van der Waals surface area (Å²) >= 11 is 0. The van der Waals surface area contributed by atoms with Crippen LogP contribution < -0.4 is 0 Å². The zero-order chi connectivity index (χ0) is 21.7. The number of fused-ring (bicyclic) bond motifs is 2. The lowest BCUT2D eigenvalue weighted by Crippen LogP contribution is -2.18. The quantitative estimate of drug-likeness (QED) is 0.327. The normalized spacial score (nSPS) is 17.4. The van der Waals surface area contributed by atoms with Gasteiger partial charge in [-0.05, 0) is 42.0 Å². The van der Waals surface area contributed by atoms with E-state index in [1.807, 2.05) is 0 Å². The van der Waals surface area contributed by atoms with E-state index in [-0.39, 0.29) is 29.2 Å². The third-order valence-corrected chi connectivity index (χ3v) is 5.19.